The minimum Gasteiger partial charge on any atom is -0.396 e. The molecule has 2 fully saturated rings. The molecule has 58 valence electrons. The first-order chi connectivity index (χ1) is 4.81. The van der Waals surface area contributed by atoms with Crippen LogP contribution in [-0.2, 0) is 0 Å². The Labute approximate surface area is 60.9 Å². The van der Waals surface area contributed by atoms with Crippen molar-refractivity contribution < 1.29 is 10.2 Å². The molecule has 0 radical (unpaired) electrons. The molecule has 0 bridgehead atoms. The zero-order valence-corrected chi connectivity index (χ0v) is 6.03. The van der Waals surface area contributed by atoms with E-state index in [1.165, 1.54) is 6.42 Å². The summed E-state index contributed by atoms with van der Waals surface area (Å²) in [6.45, 7) is 0.264. The summed E-state index contributed by atoms with van der Waals surface area (Å²) in [5, 5.41) is 18.2. The molecule has 0 unspecified atom stereocenters. The minimum absolute atomic E-state index is 0.101. The highest BCUT2D eigenvalue weighted by Crippen LogP contribution is 2.51. The van der Waals surface area contributed by atoms with E-state index in [1.54, 1.807) is 0 Å². The van der Waals surface area contributed by atoms with E-state index in [1.807, 2.05) is 0 Å². The van der Waals surface area contributed by atoms with Gasteiger partial charge in [0.05, 0.1) is 6.10 Å². The van der Waals surface area contributed by atoms with Gasteiger partial charge in [0.15, 0.2) is 0 Å². The Morgan fingerprint density at radius 3 is 2.60 bits per heavy atom. The summed E-state index contributed by atoms with van der Waals surface area (Å²) in [5.74, 6) is 1.74. The van der Waals surface area contributed by atoms with Crippen molar-refractivity contribution in [2.24, 2.45) is 17.8 Å². The van der Waals surface area contributed by atoms with Gasteiger partial charge < -0.3 is 10.2 Å². The van der Waals surface area contributed by atoms with E-state index in [0.29, 0.717) is 11.8 Å². The third-order valence-electron chi connectivity index (χ3n) is 2.94. The van der Waals surface area contributed by atoms with Crippen molar-refractivity contribution in [3.63, 3.8) is 0 Å². The zero-order valence-electron chi connectivity index (χ0n) is 6.03. The van der Waals surface area contributed by atoms with Gasteiger partial charge in [-0.1, -0.05) is 0 Å². The van der Waals surface area contributed by atoms with Gasteiger partial charge in [0.2, 0.25) is 0 Å². The molecule has 2 saturated carbocycles. The molecule has 0 aromatic carbocycles. The van der Waals surface area contributed by atoms with Crippen molar-refractivity contribution in [3.8, 4) is 0 Å². The lowest BCUT2D eigenvalue weighted by Crippen LogP contribution is -2.24. The quantitative estimate of drug-likeness (QED) is 0.556. The van der Waals surface area contributed by atoms with Crippen molar-refractivity contribution >= 4 is 0 Å². The summed E-state index contributed by atoms with van der Waals surface area (Å²) in [7, 11) is 0. The van der Waals surface area contributed by atoms with Gasteiger partial charge in [0, 0.05) is 6.61 Å². The van der Waals surface area contributed by atoms with Gasteiger partial charge in [-0.15, -0.1) is 0 Å². The summed E-state index contributed by atoms with van der Waals surface area (Å²) in [5.41, 5.74) is 0. The lowest BCUT2D eigenvalue weighted by Gasteiger charge is -2.23. The lowest BCUT2D eigenvalue weighted by molar-refractivity contribution is 0.0660. The standard InChI is InChI=1S/C8H14O2/c9-4-5-1-6-3-7(6)8(10)2-5/h5-10H,1-4H2/t5-,6+,7-,8+/m1/s1. The lowest BCUT2D eigenvalue weighted by atomic mass is 9.88. The Bertz CT molecular complexity index is 135. The van der Waals surface area contributed by atoms with Crippen molar-refractivity contribution in [3.05, 3.63) is 0 Å². The van der Waals surface area contributed by atoms with Crippen molar-refractivity contribution in [1.29, 1.82) is 0 Å². The molecule has 2 aliphatic carbocycles. The van der Waals surface area contributed by atoms with E-state index in [9.17, 15) is 5.11 Å². The van der Waals surface area contributed by atoms with Crippen LogP contribution in [0.5, 0.6) is 0 Å². The van der Waals surface area contributed by atoms with Gasteiger partial charge in [0.25, 0.3) is 0 Å². The fourth-order valence-electron chi connectivity index (χ4n) is 2.20. The predicted octanol–water partition coefficient (Wildman–Crippen LogP) is 0.386. The third-order valence-corrected chi connectivity index (χ3v) is 2.94. The molecule has 2 rings (SSSR count). The molecule has 2 nitrogen and oxygen atoms in total. The van der Waals surface area contributed by atoms with Crippen LogP contribution in [0.15, 0.2) is 0 Å². The fourth-order valence-corrected chi connectivity index (χ4v) is 2.20. The smallest absolute Gasteiger partial charge is 0.0574 e. The molecule has 4 atom stereocenters. The maximum absolute atomic E-state index is 9.41. The Balaban J connectivity index is 1.93. The SMILES string of the molecule is OC[C@@H]1C[C@H]2C[C@H]2[C@@H](O)C1. The molecule has 0 aliphatic heterocycles. The molecule has 2 N–H and O–H groups in total. The van der Waals surface area contributed by atoms with Crippen LogP contribution < -0.4 is 0 Å². The van der Waals surface area contributed by atoms with Gasteiger partial charge in [0.1, 0.15) is 0 Å². The highest BCUT2D eigenvalue weighted by atomic mass is 16.3. The van der Waals surface area contributed by atoms with Gasteiger partial charge >= 0.3 is 0 Å². The van der Waals surface area contributed by atoms with E-state index in [-0.39, 0.29) is 12.7 Å². The summed E-state index contributed by atoms with van der Waals surface area (Å²) >= 11 is 0. The fraction of sp³-hybridized carbons (Fsp3) is 1.00. The third kappa shape index (κ3) is 0.956. The Morgan fingerprint density at radius 2 is 2.00 bits per heavy atom. The highest BCUT2D eigenvalue weighted by Gasteiger charge is 2.47. The van der Waals surface area contributed by atoms with Gasteiger partial charge in [-0.05, 0) is 37.0 Å². The summed E-state index contributed by atoms with van der Waals surface area (Å²) < 4.78 is 0. The maximum atomic E-state index is 9.41. The van der Waals surface area contributed by atoms with Gasteiger partial charge in [-0.2, -0.15) is 0 Å². The molecule has 0 spiro atoms. The van der Waals surface area contributed by atoms with Crippen LogP contribution in [0.4, 0.5) is 0 Å². The summed E-state index contributed by atoms with van der Waals surface area (Å²) in [6.07, 6.45) is 3.09. The van der Waals surface area contributed by atoms with Gasteiger partial charge in [-0.25, -0.2) is 0 Å². The Morgan fingerprint density at radius 1 is 1.20 bits per heavy atom. The van der Waals surface area contributed by atoms with Crippen LogP contribution in [0.25, 0.3) is 0 Å². The summed E-state index contributed by atoms with van der Waals surface area (Å²) in [4.78, 5) is 0. The van der Waals surface area contributed by atoms with Crippen molar-refractivity contribution in [2.45, 2.75) is 25.4 Å². The molecule has 0 aromatic rings. The van der Waals surface area contributed by atoms with Crippen LogP contribution in [0.3, 0.4) is 0 Å². The van der Waals surface area contributed by atoms with Crippen LogP contribution in [-0.4, -0.2) is 22.9 Å². The van der Waals surface area contributed by atoms with E-state index < -0.39 is 0 Å². The number of hydrogen-bond acceptors (Lipinski definition) is 2. The van der Waals surface area contributed by atoms with Crippen LogP contribution in [0, 0.1) is 17.8 Å². The van der Waals surface area contributed by atoms with Crippen LogP contribution in [0.2, 0.25) is 0 Å². The average Bonchev–Trinajstić information content (AvgIpc) is 2.66. The number of hydrogen-bond donors (Lipinski definition) is 2. The number of aliphatic hydroxyl groups is 2. The second-order valence-electron chi connectivity index (χ2n) is 3.75. The van der Waals surface area contributed by atoms with Crippen molar-refractivity contribution in [2.75, 3.05) is 6.61 Å². The second kappa shape index (κ2) is 2.21. The number of rotatable bonds is 1. The predicted molar refractivity (Wildman–Crippen MR) is 37.4 cm³/mol. The Hall–Kier alpha value is -0.0800. The number of aliphatic hydroxyl groups excluding tert-OH is 2. The monoisotopic (exact) mass is 142 g/mol. The zero-order chi connectivity index (χ0) is 7.14. The molecule has 0 amide bonds. The summed E-state index contributed by atoms with van der Waals surface area (Å²) in [6, 6.07) is 0. The first-order valence-corrected chi connectivity index (χ1v) is 4.10. The van der Waals surface area contributed by atoms with Crippen LogP contribution >= 0.6 is 0 Å². The first kappa shape index (κ1) is 6.62. The van der Waals surface area contributed by atoms with E-state index in [2.05, 4.69) is 0 Å². The highest BCUT2D eigenvalue weighted by molar-refractivity contribution is 4.97. The van der Waals surface area contributed by atoms with Gasteiger partial charge in [-0.3, -0.25) is 0 Å². The number of fused-ring (bicyclic) bond motifs is 1. The minimum atomic E-state index is -0.101. The molecular formula is C8H14O2. The molecule has 2 aliphatic rings. The molecule has 0 heterocycles. The van der Waals surface area contributed by atoms with Crippen molar-refractivity contribution in [1.82, 2.24) is 0 Å². The Kier molecular flexibility index (Phi) is 1.46. The molecule has 2 heteroatoms. The molecule has 0 saturated heterocycles. The molecule has 10 heavy (non-hydrogen) atoms. The average molecular weight is 142 g/mol. The topological polar surface area (TPSA) is 40.5 Å². The van der Waals surface area contributed by atoms with E-state index in [0.717, 1.165) is 18.8 Å². The molecular weight excluding hydrogens is 128 g/mol. The molecule has 0 aromatic heterocycles. The second-order valence-corrected chi connectivity index (χ2v) is 3.75. The maximum Gasteiger partial charge on any atom is 0.0574 e. The largest absolute Gasteiger partial charge is 0.396 e. The normalized spacial score (nSPS) is 52.2. The van der Waals surface area contributed by atoms with E-state index in [4.69, 9.17) is 5.11 Å². The van der Waals surface area contributed by atoms with E-state index >= 15 is 0 Å². The van der Waals surface area contributed by atoms with Crippen LogP contribution in [0.1, 0.15) is 19.3 Å². The first-order valence-electron chi connectivity index (χ1n) is 4.10.